The molecule has 3 nitrogen and oxygen atoms in total. The molecule has 1 saturated heterocycles. The van der Waals surface area contributed by atoms with Crippen LogP contribution in [0, 0.1) is 24.1 Å². The molecule has 0 aromatic heterocycles. The van der Waals surface area contributed by atoms with Crippen LogP contribution in [0.15, 0.2) is 18.2 Å². The van der Waals surface area contributed by atoms with Crippen molar-refractivity contribution in [2.24, 2.45) is 0 Å². The predicted octanol–water partition coefficient (Wildman–Crippen LogP) is 2.92. The van der Waals surface area contributed by atoms with Crippen LogP contribution in [0.25, 0.3) is 0 Å². The van der Waals surface area contributed by atoms with E-state index in [9.17, 15) is 9.65 Å². The summed E-state index contributed by atoms with van der Waals surface area (Å²) in [4.78, 5) is 2.23. The van der Waals surface area contributed by atoms with E-state index in [0.717, 1.165) is 37.9 Å². The summed E-state index contributed by atoms with van der Waals surface area (Å²) < 4.78 is 13.4. The van der Waals surface area contributed by atoms with Crippen LogP contribution in [0.5, 0.6) is 0 Å². The zero-order chi connectivity index (χ0) is 13.9. The lowest BCUT2D eigenvalue weighted by atomic mass is 9.91. The van der Waals surface area contributed by atoms with Crippen LogP contribution >= 0.6 is 0 Å². The van der Waals surface area contributed by atoms with Gasteiger partial charge in [0.15, 0.2) is 0 Å². The molecule has 1 aromatic carbocycles. The second-order valence-corrected chi connectivity index (χ2v) is 5.49. The molecule has 1 fully saturated rings. The SMILES string of the molecule is Cc1cc(F)cc(NC2(C#N)CCCN(C)CC2)c1. The highest BCUT2D eigenvalue weighted by molar-refractivity contribution is 5.50. The molecule has 1 N–H and O–H groups in total. The van der Waals surface area contributed by atoms with E-state index in [-0.39, 0.29) is 5.82 Å². The molecule has 102 valence electrons. The Morgan fingerprint density at radius 1 is 1.32 bits per heavy atom. The van der Waals surface area contributed by atoms with Crippen LogP contribution in [-0.4, -0.2) is 30.6 Å². The van der Waals surface area contributed by atoms with Crippen molar-refractivity contribution in [1.29, 1.82) is 5.26 Å². The van der Waals surface area contributed by atoms with E-state index in [1.54, 1.807) is 0 Å². The minimum Gasteiger partial charge on any atom is -0.367 e. The van der Waals surface area contributed by atoms with Gasteiger partial charge in [-0.15, -0.1) is 0 Å². The molecular weight excluding hydrogens is 241 g/mol. The van der Waals surface area contributed by atoms with Gasteiger partial charge in [0.2, 0.25) is 0 Å². The van der Waals surface area contributed by atoms with Gasteiger partial charge in [-0.2, -0.15) is 5.26 Å². The zero-order valence-electron chi connectivity index (χ0n) is 11.5. The van der Waals surface area contributed by atoms with Crippen LogP contribution in [0.4, 0.5) is 10.1 Å². The minimum absolute atomic E-state index is 0.263. The fourth-order valence-corrected chi connectivity index (χ4v) is 2.62. The van der Waals surface area contributed by atoms with Crippen molar-refractivity contribution in [1.82, 2.24) is 4.90 Å². The van der Waals surface area contributed by atoms with Crippen LogP contribution in [0.2, 0.25) is 0 Å². The summed E-state index contributed by atoms with van der Waals surface area (Å²) in [6.07, 6.45) is 2.53. The van der Waals surface area contributed by atoms with Crippen LogP contribution in [0.3, 0.4) is 0 Å². The third-order valence-electron chi connectivity index (χ3n) is 3.70. The van der Waals surface area contributed by atoms with Crippen molar-refractivity contribution in [2.45, 2.75) is 31.7 Å². The van der Waals surface area contributed by atoms with Crippen LogP contribution < -0.4 is 5.32 Å². The summed E-state index contributed by atoms with van der Waals surface area (Å²) in [6.45, 7) is 3.75. The Hall–Kier alpha value is -1.60. The Kier molecular flexibility index (Phi) is 4.06. The van der Waals surface area contributed by atoms with Crippen LogP contribution in [-0.2, 0) is 0 Å². The highest BCUT2D eigenvalue weighted by Gasteiger charge is 2.32. The maximum absolute atomic E-state index is 13.4. The average molecular weight is 261 g/mol. The Morgan fingerprint density at radius 2 is 2.11 bits per heavy atom. The summed E-state index contributed by atoms with van der Waals surface area (Å²) >= 11 is 0. The first-order valence-corrected chi connectivity index (χ1v) is 6.68. The molecule has 0 aliphatic carbocycles. The molecule has 1 aliphatic heterocycles. The molecule has 4 heteroatoms. The molecular formula is C15H20FN3. The predicted molar refractivity (Wildman–Crippen MR) is 74.5 cm³/mol. The number of aryl methyl sites for hydroxylation is 1. The number of rotatable bonds is 2. The van der Waals surface area contributed by atoms with Gasteiger partial charge >= 0.3 is 0 Å². The molecule has 1 aliphatic rings. The van der Waals surface area contributed by atoms with Crippen molar-refractivity contribution >= 4 is 5.69 Å². The van der Waals surface area contributed by atoms with Gasteiger partial charge in [-0.25, -0.2) is 4.39 Å². The molecule has 1 aromatic rings. The second kappa shape index (κ2) is 5.58. The molecule has 0 bridgehead atoms. The Labute approximate surface area is 114 Å². The van der Waals surface area contributed by atoms with Crippen molar-refractivity contribution in [3.8, 4) is 6.07 Å². The van der Waals surface area contributed by atoms with Crippen molar-refractivity contribution in [3.05, 3.63) is 29.6 Å². The van der Waals surface area contributed by atoms with Crippen molar-refractivity contribution in [3.63, 3.8) is 0 Å². The fourth-order valence-electron chi connectivity index (χ4n) is 2.62. The number of nitriles is 1. The van der Waals surface area contributed by atoms with Crippen LogP contribution in [0.1, 0.15) is 24.8 Å². The van der Waals surface area contributed by atoms with Gasteiger partial charge in [-0.05, 0) is 63.5 Å². The first-order chi connectivity index (χ1) is 9.03. The number of hydrogen-bond acceptors (Lipinski definition) is 3. The van der Waals surface area contributed by atoms with Gasteiger partial charge in [0, 0.05) is 12.2 Å². The van der Waals surface area contributed by atoms with E-state index in [0.29, 0.717) is 5.69 Å². The van der Waals surface area contributed by atoms with Gasteiger partial charge in [-0.1, -0.05) is 0 Å². The highest BCUT2D eigenvalue weighted by atomic mass is 19.1. The standard InChI is InChI=1S/C15H20FN3/c1-12-8-13(16)10-14(9-12)18-15(11-17)4-3-6-19(2)7-5-15/h8-10,18H,3-7H2,1-2H3. The van der Waals surface area contributed by atoms with E-state index in [1.165, 1.54) is 12.1 Å². The summed E-state index contributed by atoms with van der Waals surface area (Å²) in [5, 5.41) is 12.8. The Morgan fingerprint density at radius 3 is 2.79 bits per heavy atom. The third-order valence-corrected chi connectivity index (χ3v) is 3.70. The molecule has 19 heavy (non-hydrogen) atoms. The number of likely N-dealkylation sites (tertiary alicyclic amines) is 1. The molecule has 0 spiro atoms. The monoisotopic (exact) mass is 261 g/mol. The summed E-state index contributed by atoms with van der Waals surface area (Å²) in [5.74, 6) is -0.263. The Balaban J connectivity index is 2.20. The number of nitrogens with zero attached hydrogens (tertiary/aromatic N) is 2. The van der Waals surface area contributed by atoms with Gasteiger partial charge in [0.25, 0.3) is 0 Å². The molecule has 1 atom stereocenters. The quantitative estimate of drug-likeness (QED) is 0.889. The van der Waals surface area contributed by atoms with E-state index >= 15 is 0 Å². The van der Waals surface area contributed by atoms with E-state index in [4.69, 9.17) is 0 Å². The van der Waals surface area contributed by atoms with Crippen molar-refractivity contribution in [2.75, 3.05) is 25.5 Å². The smallest absolute Gasteiger partial charge is 0.126 e. The largest absolute Gasteiger partial charge is 0.367 e. The highest BCUT2D eigenvalue weighted by Crippen LogP contribution is 2.27. The van der Waals surface area contributed by atoms with Gasteiger partial charge < -0.3 is 10.2 Å². The van der Waals surface area contributed by atoms with E-state index in [1.807, 2.05) is 13.0 Å². The zero-order valence-corrected chi connectivity index (χ0v) is 11.5. The Bertz CT molecular complexity index is 474. The molecule has 1 unspecified atom stereocenters. The van der Waals surface area contributed by atoms with Gasteiger partial charge in [-0.3, -0.25) is 0 Å². The van der Waals surface area contributed by atoms with Gasteiger partial charge in [0.05, 0.1) is 6.07 Å². The number of halogens is 1. The molecule has 0 amide bonds. The lowest BCUT2D eigenvalue weighted by molar-refractivity contribution is 0.345. The molecule has 0 radical (unpaired) electrons. The molecule has 0 saturated carbocycles. The van der Waals surface area contributed by atoms with Crippen molar-refractivity contribution < 1.29 is 4.39 Å². The number of benzene rings is 1. The molecule has 2 rings (SSSR count). The minimum atomic E-state index is -0.578. The maximum atomic E-state index is 13.4. The fraction of sp³-hybridized carbons (Fsp3) is 0.533. The van der Waals surface area contributed by atoms with Gasteiger partial charge in [0.1, 0.15) is 11.4 Å². The lowest BCUT2D eigenvalue weighted by Crippen LogP contribution is -2.37. The number of anilines is 1. The summed E-state index contributed by atoms with van der Waals surface area (Å²) in [5.41, 5.74) is 0.982. The topological polar surface area (TPSA) is 39.1 Å². The second-order valence-electron chi connectivity index (χ2n) is 5.49. The average Bonchev–Trinajstić information content (AvgIpc) is 2.51. The number of nitrogens with one attached hydrogen (secondary N) is 1. The lowest BCUT2D eigenvalue weighted by Gasteiger charge is -2.27. The maximum Gasteiger partial charge on any atom is 0.126 e. The number of hydrogen-bond donors (Lipinski definition) is 1. The summed E-state index contributed by atoms with van der Waals surface area (Å²) in [6, 6.07) is 7.24. The summed E-state index contributed by atoms with van der Waals surface area (Å²) in [7, 11) is 2.07. The van der Waals surface area contributed by atoms with E-state index < -0.39 is 5.54 Å². The van der Waals surface area contributed by atoms with E-state index in [2.05, 4.69) is 23.3 Å². The first-order valence-electron chi connectivity index (χ1n) is 6.68. The normalized spacial score (nSPS) is 24.5. The molecule has 1 heterocycles. The third kappa shape index (κ3) is 3.45. The first kappa shape index (κ1) is 13.8.